The van der Waals surface area contributed by atoms with Gasteiger partial charge in [-0.25, -0.2) is 15.0 Å². The lowest BCUT2D eigenvalue weighted by Gasteiger charge is -2.17. The molecule has 0 saturated heterocycles. The summed E-state index contributed by atoms with van der Waals surface area (Å²) in [7, 11) is 0. The Labute approximate surface area is 105 Å². The Balaban J connectivity index is 1.89. The van der Waals surface area contributed by atoms with Crippen LogP contribution in [0.3, 0.4) is 0 Å². The number of aromatic nitrogens is 4. The van der Waals surface area contributed by atoms with Gasteiger partial charge in [0.1, 0.15) is 11.8 Å². The van der Waals surface area contributed by atoms with Gasteiger partial charge in [-0.3, -0.25) is 0 Å². The standard InChI is InChI=1S/C12H17N5O/c13-11-10-12(15-6-14-11)17(7-16-10)4-8-2-1-3-9(8)5-18/h6-9,18H,1-5H2,(H2,13,14,15)/t8-,9-/m1/s1. The lowest BCUT2D eigenvalue weighted by atomic mass is 9.97. The predicted octanol–water partition coefficient (Wildman–Crippen LogP) is 0.817. The van der Waals surface area contributed by atoms with E-state index in [-0.39, 0.29) is 6.61 Å². The van der Waals surface area contributed by atoms with Gasteiger partial charge in [-0.1, -0.05) is 6.42 Å². The molecule has 2 atom stereocenters. The molecule has 6 heteroatoms. The van der Waals surface area contributed by atoms with Gasteiger partial charge in [0.2, 0.25) is 0 Å². The maximum absolute atomic E-state index is 9.35. The zero-order chi connectivity index (χ0) is 12.5. The second kappa shape index (κ2) is 4.53. The van der Waals surface area contributed by atoms with Gasteiger partial charge in [-0.05, 0) is 24.7 Å². The van der Waals surface area contributed by atoms with E-state index >= 15 is 0 Å². The van der Waals surface area contributed by atoms with Crippen molar-refractivity contribution in [3.8, 4) is 0 Å². The minimum absolute atomic E-state index is 0.272. The van der Waals surface area contributed by atoms with Crippen molar-refractivity contribution in [2.45, 2.75) is 25.8 Å². The van der Waals surface area contributed by atoms with E-state index in [4.69, 9.17) is 5.73 Å². The summed E-state index contributed by atoms with van der Waals surface area (Å²) in [5.74, 6) is 1.33. The number of hydrogen-bond acceptors (Lipinski definition) is 5. The monoisotopic (exact) mass is 247 g/mol. The summed E-state index contributed by atoms with van der Waals surface area (Å²) in [5.41, 5.74) is 7.21. The Morgan fingerprint density at radius 1 is 1.28 bits per heavy atom. The molecule has 0 amide bonds. The van der Waals surface area contributed by atoms with Crippen molar-refractivity contribution in [3.05, 3.63) is 12.7 Å². The van der Waals surface area contributed by atoms with E-state index in [0.29, 0.717) is 23.2 Å². The summed E-state index contributed by atoms with van der Waals surface area (Å²) in [5, 5.41) is 9.35. The summed E-state index contributed by atoms with van der Waals surface area (Å²) >= 11 is 0. The highest BCUT2D eigenvalue weighted by Crippen LogP contribution is 2.33. The third kappa shape index (κ3) is 1.82. The number of nitrogen functional groups attached to an aromatic ring is 1. The number of nitrogens with zero attached hydrogens (tertiary/aromatic N) is 4. The number of imidazole rings is 1. The minimum atomic E-state index is 0.272. The quantitative estimate of drug-likeness (QED) is 0.838. The molecule has 2 heterocycles. The molecule has 6 nitrogen and oxygen atoms in total. The van der Waals surface area contributed by atoms with Crippen molar-refractivity contribution in [1.29, 1.82) is 0 Å². The normalized spacial score (nSPS) is 23.8. The molecular weight excluding hydrogens is 230 g/mol. The van der Waals surface area contributed by atoms with Crippen LogP contribution in [0.15, 0.2) is 12.7 Å². The lowest BCUT2D eigenvalue weighted by Crippen LogP contribution is -2.18. The van der Waals surface area contributed by atoms with Crippen molar-refractivity contribution >= 4 is 17.0 Å². The first-order valence-electron chi connectivity index (χ1n) is 6.31. The number of nitrogens with two attached hydrogens (primary N) is 1. The molecule has 3 rings (SSSR count). The zero-order valence-corrected chi connectivity index (χ0v) is 10.2. The maximum atomic E-state index is 9.35. The van der Waals surface area contributed by atoms with Crippen LogP contribution in [0, 0.1) is 11.8 Å². The largest absolute Gasteiger partial charge is 0.396 e. The molecule has 0 bridgehead atoms. The van der Waals surface area contributed by atoms with Gasteiger partial charge in [0.25, 0.3) is 0 Å². The molecule has 2 aromatic rings. The van der Waals surface area contributed by atoms with Crippen LogP contribution in [-0.4, -0.2) is 31.2 Å². The zero-order valence-electron chi connectivity index (χ0n) is 10.2. The van der Waals surface area contributed by atoms with Crippen LogP contribution in [0.2, 0.25) is 0 Å². The molecule has 18 heavy (non-hydrogen) atoms. The fourth-order valence-corrected chi connectivity index (χ4v) is 2.88. The number of fused-ring (bicyclic) bond motifs is 1. The Morgan fingerprint density at radius 3 is 2.94 bits per heavy atom. The first kappa shape index (κ1) is 11.4. The molecule has 96 valence electrons. The van der Waals surface area contributed by atoms with Gasteiger partial charge in [0.05, 0.1) is 6.33 Å². The Hall–Kier alpha value is -1.69. The summed E-state index contributed by atoms with van der Waals surface area (Å²) < 4.78 is 2.02. The molecule has 0 aliphatic heterocycles. The molecule has 1 aliphatic carbocycles. The van der Waals surface area contributed by atoms with E-state index in [1.165, 1.54) is 12.7 Å². The molecular formula is C12H17N5O. The van der Waals surface area contributed by atoms with Crippen LogP contribution in [0.25, 0.3) is 11.2 Å². The Bertz CT molecular complexity index is 552. The molecule has 0 unspecified atom stereocenters. The van der Waals surface area contributed by atoms with E-state index in [9.17, 15) is 5.11 Å². The van der Waals surface area contributed by atoms with E-state index in [1.54, 1.807) is 6.33 Å². The molecule has 1 fully saturated rings. The van der Waals surface area contributed by atoms with Crippen molar-refractivity contribution in [1.82, 2.24) is 19.5 Å². The summed E-state index contributed by atoms with van der Waals surface area (Å²) in [6, 6.07) is 0. The number of rotatable bonds is 3. The first-order chi connectivity index (χ1) is 8.79. The fraction of sp³-hybridized carbons (Fsp3) is 0.583. The van der Waals surface area contributed by atoms with Gasteiger partial charge in [0, 0.05) is 13.2 Å². The van der Waals surface area contributed by atoms with Crippen LogP contribution in [0.4, 0.5) is 5.82 Å². The average Bonchev–Trinajstić information content (AvgIpc) is 2.98. The highest BCUT2D eigenvalue weighted by Gasteiger charge is 2.27. The molecule has 0 spiro atoms. The SMILES string of the molecule is Nc1ncnc2c1ncn2C[C@H]1CCC[C@@H]1CO. The van der Waals surface area contributed by atoms with E-state index in [0.717, 1.165) is 25.0 Å². The summed E-state index contributed by atoms with van der Waals surface area (Å²) in [6.45, 7) is 1.12. The first-order valence-corrected chi connectivity index (χ1v) is 6.31. The Morgan fingerprint density at radius 2 is 2.11 bits per heavy atom. The average molecular weight is 247 g/mol. The number of anilines is 1. The third-order valence-corrected chi connectivity index (χ3v) is 3.91. The molecule has 3 N–H and O–H groups in total. The summed E-state index contributed by atoms with van der Waals surface area (Å²) in [4.78, 5) is 12.4. The molecule has 2 aromatic heterocycles. The van der Waals surface area contributed by atoms with Gasteiger partial charge < -0.3 is 15.4 Å². The highest BCUT2D eigenvalue weighted by molar-refractivity contribution is 5.81. The minimum Gasteiger partial charge on any atom is -0.396 e. The molecule has 1 saturated carbocycles. The van der Waals surface area contributed by atoms with Crippen LogP contribution < -0.4 is 5.73 Å². The van der Waals surface area contributed by atoms with Crippen molar-refractivity contribution < 1.29 is 5.11 Å². The molecule has 0 aromatic carbocycles. The predicted molar refractivity (Wildman–Crippen MR) is 67.7 cm³/mol. The molecule has 1 aliphatic rings. The van der Waals surface area contributed by atoms with Gasteiger partial charge in [0.15, 0.2) is 11.5 Å². The van der Waals surface area contributed by atoms with Crippen LogP contribution >= 0.6 is 0 Å². The third-order valence-electron chi connectivity index (χ3n) is 3.91. The maximum Gasteiger partial charge on any atom is 0.165 e. The van der Waals surface area contributed by atoms with E-state index in [1.807, 2.05) is 4.57 Å². The summed E-state index contributed by atoms with van der Waals surface area (Å²) in [6.07, 6.45) is 6.70. The van der Waals surface area contributed by atoms with Crippen LogP contribution in [0.5, 0.6) is 0 Å². The Kier molecular flexibility index (Phi) is 2.87. The van der Waals surface area contributed by atoms with Crippen molar-refractivity contribution in [2.24, 2.45) is 11.8 Å². The fourth-order valence-electron chi connectivity index (χ4n) is 2.88. The van der Waals surface area contributed by atoms with Crippen molar-refractivity contribution in [3.63, 3.8) is 0 Å². The smallest absolute Gasteiger partial charge is 0.165 e. The van der Waals surface area contributed by atoms with Crippen LogP contribution in [0.1, 0.15) is 19.3 Å². The number of aliphatic hydroxyl groups excluding tert-OH is 1. The van der Waals surface area contributed by atoms with E-state index < -0.39 is 0 Å². The van der Waals surface area contributed by atoms with Gasteiger partial charge in [-0.15, -0.1) is 0 Å². The van der Waals surface area contributed by atoms with Gasteiger partial charge in [-0.2, -0.15) is 0 Å². The highest BCUT2D eigenvalue weighted by atomic mass is 16.3. The second-order valence-corrected chi connectivity index (χ2v) is 4.96. The van der Waals surface area contributed by atoms with Crippen molar-refractivity contribution in [2.75, 3.05) is 12.3 Å². The molecule has 0 radical (unpaired) electrons. The lowest BCUT2D eigenvalue weighted by molar-refractivity contribution is 0.185. The number of aliphatic hydroxyl groups is 1. The van der Waals surface area contributed by atoms with E-state index in [2.05, 4.69) is 15.0 Å². The number of hydrogen-bond donors (Lipinski definition) is 2. The van der Waals surface area contributed by atoms with Gasteiger partial charge >= 0.3 is 0 Å². The van der Waals surface area contributed by atoms with Crippen LogP contribution in [-0.2, 0) is 6.54 Å². The topological polar surface area (TPSA) is 89.9 Å². The second-order valence-electron chi connectivity index (χ2n) is 4.96.